The van der Waals surface area contributed by atoms with Gasteiger partial charge in [-0.2, -0.15) is 0 Å². The van der Waals surface area contributed by atoms with Gasteiger partial charge in [-0.15, -0.1) is 0 Å². The summed E-state index contributed by atoms with van der Waals surface area (Å²) in [4.78, 5) is 0. The topological polar surface area (TPSA) is 0 Å². The predicted molar refractivity (Wildman–Crippen MR) is 73.2 cm³/mol. The second kappa shape index (κ2) is 5.03. The number of hydrogen-bond acceptors (Lipinski definition) is 0. The number of hydrogen-bond donors (Lipinski definition) is 0. The maximum Gasteiger partial charge on any atom is -0.0129 e. The van der Waals surface area contributed by atoms with Gasteiger partial charge in [-0.25, -0.2) is 0 Å². The molecule has 0 heterocycles. The van der Waals surface area contributed by atoms with Gasteiger partial charge in [0.25, 0.3) is 0 Å². The van der Waals surface area contributed by atoms with Crippen LogP contribution in [0.25, 0.3) is 0 Å². The molecule has 0 atom stereocenters. The molecule has 0 amide bonds. The van der Waals surface area contributed by atoms with Gasteiger partial charge < -0.3 is 0 Å². The molecular weight excluding hydrogens is 192 g/mol. The van der Waals surface area contributed by atoms with E-state index in [4.69, 9.17) is 0 Å². The SMILES string of the molecule is CC.Cc1ccc(C(C)(C)C)c(C2CC2)c1. The molecule has 2 rings (SSSR count). The van der Waals surface area contributed by atoms with Gasteiger partial charge in [-0.1, -0.05) is 58.4 Å². The molecule has 0 heteroatoms. The first-order chi connectivity index (χ1) is 7.48. The van der Waals surface area contributed by atoms with Crippen molar-refractivity contribution in [3.05, 3.63) is 34.9 Å². The van der Waals surface area contributed by atoms with Crippen molar-refractivity contribution in [2.24, 2.45) is 0 Å². The number of benzene rings is 1. The van der Waals surface area contributed by atoms with Crippen LogP contribution in [-0.4, -0.2) is 0 Å². The summed E-state index contributed by atoms with van der Waals surface area (Å²) in [5, 5.41) is 0. The summed E-state index contributed by atoms with van der Waals surface area (Å²) >= 11 is 0. The maximum absolute atomic E-state index is 2.39. The van der Waals surface area contributed by atoms with Gasteiger partial charge in [-0.3, -0.25) is 0 Å². The minimum absolute atomic E-state index is 0.297. The van der Waals surface area contributed by atoms with Gasteiger partial charge in [0, 0.05) is 0 Å². The van der Waals surface area contributed by atoms with Gasteiger partial charge in [0.2, 0.25) is 0 Å². The maximum atomic E-state index is 2.39. The van der Waals surface area contributed by atoms with Crippen LogP contribution in [0.3, 0.4) is 0 Å². The quantitative estimate of drug-likeness (QED) is 0.608. The summed E-state index contributed by atoms with van der Waals surface area (Å²) in [6.45, 7) is 13.1. The summed E-state index contributed by atoms with van der Waals surface area (Å²) in [6.07, 6.45) is 2.79. The molecule has 1 fully saturated rings. The summed E-state index contributed by atoms with van der Waals surface area (Å²) in [6, 6.07) is 6.95. The Morgan fingerprint density at radius 3 is 2.06 bits per heavy atom. The Balaban J connectivity index is 0.000000606. The van der Waals surface area contributed by atoms with Crippen LogP contribution in [0.4, 0.5) is 0 Å². The standard InChI is InChI=1S/C14H20.C2H6/c1-10-5-8-13(14(2,3)4)12(9-10)11-6-7-11;1-2/h5,8-9,11H,6-7H2,1-4H3;1-2H3. The van der Waals surface area contributed by atoms with Crippen LogP contribution in [0.5, 0.6) is 0 Å². The van der Waals surface area contributed by atoms with Gasteiger partial charge >= 0.3 is 0 Å². The average molecular weight is 218 g/mol. The van der Waals surface area contributed by atoms with E-state index in [2.05, 4.69) is 45.9 Å². The van der Waals surface area contributed by atoms with Gasteiger partial charge in [-0.05, 0) is 42.2 Å². The van der Waals surface area contributed by atoms with Crippen molar-refractivity contribution in [1.82, 2.24) is 0 Å². The largest absolute Gasteiger partial charge is 0.0683 e. The molecule has 1 aliphatic rings. The Bertz CT molecular complexity index is 338. The highest BCUT2D eigenvalue weighted by Crippen LogP contribution is 2.44. The molecule has 0 nitrogen and oxygen atoms in total. The van der Waals surface area contributed by atoms with Crippen LogP contribution in [0.15, 0.2) is 18.2 Å². The second-order valence-corrected chi connectivity index (χ2v) is 5.61. The van der Waals surface area contributed by atoms with E-state index in [0.29, 0.717) is 5.41 Å². The zero-order valence-electron chi connectivity index (χ0n) is 11.7. The minimum atomic E-state index is 0.297. The van der Waals surface area contributed by atoms with E-state index in [-0.39, 0.29) is 0 Å². The normalized spacial score (nSPS) is 15.4. The van der Waals surface area contributed by atoms with Crippen molar-refractivity contribution in [1.29, 1.82) is 0 Å². The lowest BCUT2D eigenvalue weighted by Gasteiger charge is -2.23. The second-order valence-electron chi connectivity index (χ2n) is 5.61. The van der Waals surface area contributed by atoms with Crippen molar-refractivity contribution in [3.8, 4) is 0 Å². The van der Waals surface area contributed by atoms with Crippen molar-refractivity contribution >= 4 is 0 Å². The Morgan fingerprint density at radius 1 is 1.06 bits per heavy atom. The van der Waals surface area contributed by atoms with Crippen molar-refractivity contribution < 1.29 is 0 Å². The predicted octanol–water partition coefficient (Wildman–Crippen LogP) is 5.20. The van der Waals surface area contributed by atoms with E-state index in [1.165, 1.54) is 18.4 Å². The molecule has 0 N–H and O–H groups in total. The third kappa shape index (κ3) is 3.10. The molecule has 1 aromatic carbocycles. The first kappa shape index (κ1) is 13.3. The molecular formula is C16H26. The smallest absolute Gasteiger partial charge is 0.0129 e. The van der Waals surface area contributed by atoms with Crippen LogP contribution in [0.1, 0.15) is 70.1 Å². The first-order valence-corrected chi connectivity index (χ1v) is 6.59. The first-order valence-electron chi connectivity index (χ1n) is 6.59. The van der Waals surface area contributed by atoms with E-state index in [1.807, 2.05) is 13.8 Å². The van der Waals surface area contributed by atoms with Crippen molar-refractivity contribution in [2.75, 3.05) is 0 Å². The molecule has 0 aromatic heterocycles. The molecule has 0 saturated heterocycles. The van der Waals surface area contributed by atoms with Gasteiger partial charge in [0.05, 0.1) is 0 Å². The molecule has 0 spiro atoms. The Labute approximate surface area is 101 Å². The third-order valence-corrected chi connectivity index (χ3v) is 3.03. The monoisotopic (exact) mass is 218 g/mol. The highest BCUT2D eigenvalue weighted by atomic mass is 14.3. The van der Waals surface area contributed by atoms with E-state index in [0.717, 1.165) is 5.92 Å². The van der Waals surface area contributed by atoms with Crippen LogP contribution in [0, 0.1) is 6.92 Å². The minimum Gasteiger partial charge on any atom is -0.0683 e. The summed E-state index contributed by atoms with van der Waals surface area (Å²) in [5.41, 5.74) is 4.86. The molecule has 0 radical (unpaired) electrons. The van der Waals surface area contributed by atoms with E-state index >= 15 is 0 Å². The third-order valence-electron chi connectivity index (χ3n) is 3.03. The fourth-order valence-electron chi connectivity index (χ4n) is 2.10. The summed E-state index contributed by atoms with van der Waals surface area (Å²) in [5.74, 6) is 0.865. The molecule has 0 aliphatic heterocycles. The average Bonchev–Trinajstić information content (AvgIpc) is 3.02. The van der Waals surface area contributed by atoms with Crippen LogP contribution >= 0.6 is 0 Å². The lowest BCUT2D eigenvalue weighted by atomic mass is 9.82. The lowest BCUT2D eigenvalue weighted by molar-refractivity contribution is 0.582. The molecule has 16 heavy (non-hydrogen) atoms. The molecule has 1 aromatic rings. The number of rotatable bonds is 1. The highest BCUT2D eigenvalue weighted by Gasteiger charge is 2.29. The van der Waals surface area contributed by atoms with Crippen LogP contribution in [0.2, 0.25) is 0 Å². The van der Waals surface area contributed by atoms with Crippen molar-refractivity contribution in [2.45, 2.75) is 65.7 Å². The van der Waals surface area contributed by atoms with E-state index < -0.39 is 0 Å². The molecule has 0 unspecified atom stereocenters. The zero-order valence-corrected chi connectivity index (χ0v) is 11.7. The summed E-state index contributed by atoms with van der Waals surface area (Å²) < 4.78 is 0. The Morgan fingerprint density at radius 2 is 1.62 bits per heavy atom. The lowest BCUT2D eigenvalue weighted by Crippen LogP contribution is -2.14. The fourth-order valence-corrected chi connectivity index (χ4v) is 2.10. The van der Waals surface area contributed by atoms with Crippen LogP contribution in [-0.2, 0) is 5.41 Å². The van der Waals surface area contributed by atoms with E-state index in [1.54, 1.807) is 11.1 Å². The number of aryl methyl sites for hydroxylation is 1. The summed E-state index contributed by atoms with van der Waals surface area (Å²) in [7, 11) is 0. The molecule has 1 saturated carbocycles. The van der Waals surface area contributed by atoms with Gasteiger partial charge in [0.15, 0.2) is 0 Å². The van der Waals surface area contributed by atoms with Crippen molar-refractivity contribution in [3.63, 3.8) is 0 Å². The van der Waals surface area contributed by atoms with Gasteiger partial charge in [0.1, 0.15) is 0 Å². The zero-order chi connectivity index (χ0) is 12.3. The van der Waals surface area contributed by atoms with Crippen LogP contribution < -0.4 is 0 Å². The fraction of sp³-hybridized carbons (Fsp3) is 0.625. The highest BCUT2D eigenvalue weighted by molar-refractivity contribution is 5.40. The Hall–Kier alpha value is -0.780. The Kier molecular flexibility index (Phi) is 4.18. The van der Waals surface area contributed by atoms with E-state index in [9.17, 15) is 0 Å². The molecule has 1 aliphatic carbocycles. The molecule has 90 valence electrons. The molecule has 0 bridgehead atoms.